The van der Waals surface area contributed by atoms with E-state index in [1.165, 1.54) is 0 Å². The van der Waals surface area contributed by atoms with Gasteiger partial charge >= 0.3 is 0 Å². The Morgan fingerprint density at radius 3 is 2.27 bits per heavy atom. The molecule has 7 nitrogen and oxygen atoms in total. The molecule has 3 rings (SSSR count). The minimum atomic E-state index is -0.402. The average Bonchev–Trinajstić information content (AvgIpc) is 3.27. The predicted molar refractivity (Wildman–Crippen MR) is 114 cm³/mol. The monoisotopic (exact) mass is 406 g/mol. The molecular formula is C23H26N4O3. The molecule has 0 bridgehead atoms. The molecule has 156 valence electrons. The van der Waals surface area contributed by atoms with Gasteiger partial charge in [-0.1, -0.05) is 44.2 Å². The zero-order valence-electron chi connectivity index (χ0n) is 17.2. The number of aromatic nitrogens is 2. The van der Waals surface area contributed by atoms with E-state index in [-0.39, 0.29) is 6.04 Å². The number of nitrogens with zero attached hydrogens (tertiary/aromatic N) is 2. The van der Waals surface area contributed by atoms with Crippen LogP contribution in [-0.2, 0) is 6.61 Å². The maximum Gasteiger partial charge on any atom is 0.287 e. The third-order valence-electron chi connectivity index (χ3n) is 4.85. The van der Waals surface area contributed by atoms with Gasteiger partial charge in [-0.2, -0.15) is 5.10 Å². The van der Waals surface area contributed by atoms with Gasteiger partial charge in [0, 0.05) is 11.8 Å². The molecule has 0 saturated carbocycles. The number of rotatable bonds is 8. The van der Waals surface area contributed by atoms with E-state index in [1.54, 1.807) is 29.1 Å². The molecule has 0 aliphatic carbocycles. The van der Waals surface area contributed by atoms with E-state index in [1.807, 2.05) is 56.3 Å². The molecule has 2 N–H and O–H groups in total. The highest BCUT2D eigenvalue weighted by atomic mass is 16.5. The van der Waals surface area contributed by atoms with Crippen molar-refractivity contribution in [3.8, 4) is 5.75 Å². The van der Waals surface area contributed by atoms with Gasteiger partial charge in [0.1, 0.15) is 18.1 Å². The first-order valence-corrected chi connectivity index (χ1v) is 10.0. The van der Waals surface area contributed by atoms with Crippen molar-refractivity contribution in [2.75, 3.05) is 0 Å². The summed E-state index contributed by atoms with van der Waals surface area (Å²) in [5, 5.41) is 4.24. The lowest BCUT2D eigenvalue weighted by Gasteiger charge is -2.16. The summed E-state index contributed by atoms with van der Waals surface area (Å²) in [6.45, 7) is 4.50. The summed E-state index contributed by atoms with van der Waals surface area (Å²) in [6.07, 6.45) is 3.32. The number of carbonyl (C=O) groups excluding carboxylic acids is 2. The molecule has 3 aromatic rings. The Labute approximate surface area is 176 Å². The van der Waals surface area contributed by atoms with Crippen molar-refractivity contribution in [3.63, 3.8) is 0 Å². The Morgan fingerprint density at radius 2 is 1.60 bits per heavy atom. The van der Waals surface area contributed by atoms with Crippen LogP contribution in [0.2, 0.25) is 0 Å². The van der Waals surface area contributed by atoms with Crippen LogP contribution in [0.3, 0.4) is 0 Å². The molecule has 0 aliphatic heterocycles. The Bertz CT molecular complexity index is 964. The third-order valence-corrected chi connectivity index (χ3v) is 4.85. The van der Waals surface area contributed by atoms with E-state index in [4.69, 9.17) is 4.74 Å². The van der Waals surface area contributed by atoms with Crippen molar-refractivity contribution in [3.05, 3.63) is 83.7 Å². The van der Waals surface area contributed by atoms with Crippen LogP contribution in [0.15, 0.2) is 66.9 Å². The molecule has 0 spiro atoms. The van der Waals surface area contributed by atoms with E-state index < -0.39 is 11.8 Å². The van der Waals surface area contributed by atoms with Gasteiger partial charge in [-0.15, -0.1) is 0 Å². The van der Waals surface area contributed by atoms with Crippen molar-refractivity contribution in [1.29, 1.82) is 0 Å². The summed E-state index contributed by atoms with van der Waals surface area (Å²) < 4.78 is 7.39. The number of carbonyl (C=O) groups is 2. The molecule has 0 radical (unpaired) electrons. The number of ether oxygens (including phenoxy) is 1. The Balaban J connectivity index is 1.54. The SMILES string of the molecule is CCC(CC)n1nccc1C(=O)NNC(=O)c1ccc(COc2ccccc2)cc1. The highest BCUT2D eigenvalue weighted by molar-refractivity contribution is 5.98. The zero-order chi connectivity index (χ0) is 21.3. The highest BCUT2D eigenvalue weighted by Crippen LogP contribution is 2.17. The second kappa shape index (κ2) is 10.2. The molecule has 0 saturated heterocycles. The van der Waals surface area contributed by atoms with E-state index in [9.17, 15) is 9.59 Å². The molecule has 2 aromatic carbocycles. The summed E-state index contributed by atoms with van der Waals surface area (Å²) in [4.78, 5) is 24.8. The van der Waals surface area contributed by atoms with Crippen LogP contribution < -0.4 is 15.6 Å². The lowest BCUT2D eigenvalue weighted by Crippen LogP contribution is -2.42. The van der Waals surface area contributed by atoms with Gasteiger partial charge in [0.25, 0.3) is 11.8 Å². The Hall–Kier alpha value is -3.61. The van der Waals surface area contributed by atoms with Gasteiger partial charge in [-0.05, 0) is 48.7 Å². The summed E-state index contributed by atoms with van der Waals surface area (Å²) in [5.74, 6) is -0.0113. The maximum absolute atomic E-state index is 12.5. The Morgan fingerprint density at radius 1 is 0.933 bits per heavy atom. The van der Waals surface area contributed by atoms with Crippen molar-refractivity contribution < 1.29 is 14.3 Å². The fraction of sp³-hybridized carbons (Fsp3) is 0.261. The van der Waals surface area contributed by atoms with Gasteiger partial charge in [-0.3, -0.25) is 25.1 Å². The lowest BCUT2D eigenvalue weighted by atomic mass is 10.1. The number of nitrogens with one attached hydrogen (secondary N) is 2. The van der Waals surface area contributed by atoms with Crippen molar-refractivity contribution >= 4 is 11.8 Å². The minimum Gasteiger partial charge on any atom is -0.489 e. The molecule has 0 aliphatic rings. The van der Waals surface area contributed by atoms with Gasteiger partial charge < -0.3 is 4.74 Å². The predicted octanol–water partition coefficient (Wildman–Crippen LogP) is 3.90. The number of para-hydroxylation sites is 1. The standard InChI is InChI=1S/C23H26N4O3/c1-3-19(4-2)27-21(14-15-24-27)23(29)26-25-22(28)18-12-10-17(11-13-18)16-30-20-8-6-5-7-9-20/h5-15,19H,3-4,16H2,1-2H3,(H,25,28)(H,26,29). The fourth-order valence-electron chi connectivity index (χ4n) is 3.11. The van der Waals surface area contributed by atoms with Crippen LogP contribution in [0.4, 0.5) is 0 Å². The topological polar surface area (TPSA) is 85.3 Å². The van der Waals surface area contributed by atoms with Crippen LogP contribution in [-0.4, -0.2) is 21.6 Å². The molecular weight excluding hydrogens is 380 g/mol. The molecule has 1 heterocycles. The summed E-state index contributed by atoms with van der Waals surface area (Å²) in [7, 11) is 0. The average molecular weight is 406 g/mol. The van der Waals surface area contributed by atoms with Crippen molar-refractivity contribution in [2.24, 2.45) is 0 Å². The van der Waals surface area contributed by atoms with Crippen molar-refractivity contribution in [2.45, 2.75) is 39.3 Å². The quantitative estimate of drug-likeness (QED) is 0.556. The molecule has 2 amide bonds. The number of hydrogen-bond acceptors (Lipinski definition) is 4. The van der Waals surface area contributed by atoms with Gasteiger partial charge in [-0.25, -0.2) is 0 Å². The summed E-state index contributed by atoms with van der Waals surface area (Å²) in [6, 6.07) is 18.3. The van der Waals surface area contributed by atoms with Crippen LogP contribution in [0, 0.1) is 0 Å². The van der Waals surface area contributed by atoms with Gasteiger partial charge in [0.2, 0.25) is 0 Å². The number of amides is 2. The molecule has 1 aromatic heterocycles. The molecule has 0 atom stereocenters. The van der Waals surface area contributed by atoms with Gasteiger partial charge in [0.15, 0.2) is 0 Å². The second-order valence-electron chi connectivity index (χ2n) is 6.84. The highest BCUT2D eigenvalue weighted by Gasteiger charge is 2.17. The molecule has 7 heteroatoms. The lowest BCUT2D eigenvalue weighted by molar-refractivity contribution is 0.0838. The van der Waals surface area contributed by atoms with E-state index in [0.29, 0.717) is 17.9 Å². The van der Waals surface area contributed by atoms with E-state index >= 15 is 0 Å². The van der Waals surface area contributed by atoms with E-state index in [0.717, 1.165) is 24.2 Å². The second-order valence-corrected chi connectivity index (χ2v) is 6.84. The maximum atomic E-state index is 12.5. The minimum absolute atomic E-state index is 0.141. The van der Waals surface area contributed by atoms with Crippen molar-refractivity contribution in [1.82, 2.24) is 20.6 Å². The van der Waals surface area contributed by atoms with Crippen LogP contribution in [0.25, 0.3) is 0 Å². The molecule has 0 unspecified atom stereocenters. The first-order chi connectivity index (χ1) is 14.6. The summed E-state index contributed by atoms with van der Waals surface area (Å²) >= 11 is 0. The zero-order valence-corrected chi connectivity index (χ0v) is 17.2. The number of hydrazine groups is 1. The fourth-order valence-corrected chi connectivity index (χ4v) is 3.11. The smallest absolute Gasteiger partial charge is 0.287 e. The molecule has 0 fully saturated rings. The first-order valence-electron chi connectivity index (χ1n) is 10.0. The largest absolute Gasteiger partial charge is 0.489 e. The van der Waals surface area contributed by atoms with E-state index in [2.05, 4.69) is 16.0 Å². The number of benzene rings is 2. The van der Waals surface area contributed by atoms with Gasteiger partial charge in [0.05, 0.1) is 6.04 Å². The number of hydrogen-bond donors (Lipinski definition) is 2. The van der Waals surface area contributed by atoms with Crippen LogP contribution in [0.1, 0.15) is 59.1 Å². The van der Waals surface area contributed by atoms with Crippen LogP contribution in [0.5, 0.6) is 5.75 Å². The normalized spacial score (nSPS) is 10.6. The Kier molecular flexibility index (Phi) is 7.21. The third kappa shape index (κ3) is 5.26. The first kappa shape index (κ1) is 21.1. The molecule has 30 heavy (non-hydrogen) atoms. The van der Waals surface area contributed by atoms with Crippen LogP contribution >= 0.6 is 0 Å². The summed E-state index contributed by atoms with van der Waals surface area (Å²) in [5.41, 5.74) is 6.71.